The third-order valence-corrected chi connectivity index (χ3v) is 2.25. The molecule has 0 fully saturated rings. The van der Waals surface area contributed by atoms with Gasteiger partial charge in [-0.25, -0.2) is 4.39 Å². The van der Waals surface area contributed by atoms with E-state index in [0.717, 1.165) is 0 Å². The van der Waals surface area contributed by atoms with Crippen LogP contribution in [0.3, 0.4) is 0 Å². The van der Waals surface area contributed by atoms with Gasteiger partial charge in [0, 0.05) is 11.8 Å². The largest absolute Gasteiger partial charge is 0.453 e. The molecule has 0 amide bonds. The Hall–Kier alpha value is -2.23. The number of nitrogens with zero attached hydrogens (tertiary/aromatic N) is 1. The van der Waals surface area contributed by atoms with E-state index in [1.807, 2.05) is 0 Å². The van der Waals surface area contributed by atoms with Crippen molar-refractivity contribution in [2.75, 3.05) is 0 Å². The average Bonchev–Trinajstić information content (AvgIpc) is 2.35. The van der Waals surface area contributed by atoms with Crippen molar-refractivity contribution in [3.8, 4) is 11.5 Å². The van der Waals surface area contributed by atoms with Crippen molar-refractivity contribution in [1.82, 2.24) is 4.98 Å². The highest BCUT2D eigenvalue weighted by Gasteiger charge is 2.07. The fourth-order valence-corrected chi connectivity index (χ4v) is 1.38. The molecule has 0 aliphatic heterocycles. The van der Waals surface area contributed by atoms with Crippen LogP contribution in [0.1, 0.15) is 15.9 Å². The van der Waals surface area contributed by atoms with Gasteiger partial charge in [0.1, 0.15) is 5.75 Å². The summed E-state index contributed by atoms with van der Waals surface area (Å²) in [4.78, 5) is 14.4. The fourth-order valence-electron chi connectivity index (χ4n) is 1.38. The van der Waals surface area contributed by atoms with Crippen LogP contribution in [0.15, 0.2) is 36.7 Å². The van der Waals surface area contributed by atoms with Crippen molar-refractivity contribution in [3.63, 3.8) is 0 Å². The summed E-state index contributed by atoms with van der Waals surface area (Å²) >= 11 is 0. The number of halogens is 1. The van der Waals surface area contributed by atoms with E-state index in [2.05, 4.69) is 4.98 Å². The lowest BCUT2D eigenvalue weighted by molar-refractivity contribution is 0.112. The van der Waals surface area contributed by atoms with E-state index in [-0.39, 0.29) is 5.75 Å². The van der Waals surface area contributed by atoms with E-state index in [4.69, 9.17) is 4.74 Å². The maximum Gasteiger partial charge on any atom is 0.168 e. The van der Waals surface area contributed by atoms with E-state index in [0.29, 0.717) is 23.2 Å². The average molecular weight is 231 g/mol. The maximum absolute atomic E-state index is 13.7. The molecule has 4 heteroatoms. The normalized spacial score (nSPS) is 10.0. The second kappa shape index (κ2) is 4.74. The highest BCUT2D eigenvalue weighted by atomic mass is 19.1. The first-order valence-corrected chi connectivity index (χ1v) is 5.04. The van der Waals surface area contributed by atoms with Gasteiger partial charge >= 0.3 is 0 Å². The van der Waals surface area contributed by atoms with Crippen molar-refractivity contribution in [2.24, 2.45) is 0 Å². The minimum Gasteiger partial charge on any atom is -0.453 e. The fraction of sp³-hybridized carbons (Fsp3) is 0.0769. The van der Waals surface area contributed by atoms with E-state index in [9.17, 15) is 9.18 Å². The summed E-state index contributed by atoms with van der Waals surface area (Å²) in [5.74, 6) is 0.0398. The van der Waals surface area contributed by atoms with Gasteiger partial charge in [-0.2, -0.15) is 0 Å². The molecule has 3 nitrogen and oxygen atoms in total. The molecule has 0 saturated heterocycles. The Morgan fingerprint density at radius 1 is 1.35 bits per heavy atom. The lowest BCUT2D eigenvalue weighted by atomic mass is 10.2. The van der Waals surface area contributed by atoms with Crippen molar-refractivity contribution >= 4 is 6.29 Å². The van der Waals surface area contributed by atoms with E-state index in [1.165, 1.54) is 24.5 Å². The predicted octanol–water partition coefficient (Wildman–Crippen LogP) is 3.13. The first kappa shape index (κ1) is 11.3. The van der Waals surface area contributed by atoms with E-state index >= 15 is 0 Å². The van der Waals surface area contributed by atoms with Crippen LogP contribution in [-0.2, 0) is 0 Å². The van der Waals surface area contributed by atoms with Crippen molar-refractivity contribution in [3.05, 3.63) is 53.6 Å². The van der Waals surface area contributed by atoms with Gasteiger partial charge in [-0.05, 0) is 24.6 Å². The topological polar surface area (TPSA) is 39.2 Å². The molecule has 1 heterocycles. The highest BCUT2D eigenvalue weighted by molar-refractivity contribution is 5.74. The van der Waals surface area contributed by atoms with Gasteiger partial charge < -0.3 is 4.74 Å². The Bertz CT molecular complexity index is 555. The summed E-state index contributed by atoms with van der Waals surface area (Å²) in [6.45, 7) is 1.66. The number of aromatic nitrogens is 1. The van der Waals surface area contributed by atoms with Crippen LogP contribution in [0.2, 0.25) is 0 Å². The third kappa shape index (κ3) is 2.47. The van der Waals surface area contributed by atoms with Crippen LogP contribution >= 0.6 is 0 Å². The number of hydrogen-bond acceptors (Lipinski definition) is 3. The molecule has 0 atom stereocenters. The molecule has 2 aromatic rings. The lowest BCUT2D eigenvalue weighted by Crippen LogP contribution is -1.92. The minimum atomic E-state index is -0.413. The molecule has 0 saturated carbocycles. The summed E-state index contributed by atoms with van der Waals surface area (Å²) in [6.07, 6.45) is 3.49. The second-order valence-electron chi connectivity index (χ2n) is 3.56. The molecule has 17 heavy (non-hydrogen) atoms. The number of hydrogen-bond donors (Lipinski definition) is 0. The number of rotatable bonds is 3. The Morgan fingerprint density at radius 3 is 2.94 bits per heavy atom. The van der Waals surface area contributed by atoms with E-state index < -0.39 is 5.82 Å². The zero-order valence-electron chi connectivity index (χ0n) is 9.18. The number of pyridine rings is 1. The van der Waals surface area contributed by atoms with Crippen LogP contribution in [0.5, 0.6) is 11.5 Å². The number of ether oxygens (including phenoxy) is 1. The summed E-state index contributed by atoms with van der Waals surface area (Å²) in [5.41, 5.74) is 0.887. The first-order chi connectivity index (χ1) is 8.20. The van der Waals surface area contributed by atoms with Gasteiger partial charge in [0.15, 0.2) is 17.9 Å². The molecule has 1 aromatic heterocycles. The van der Waals surface area contributed by atoms with Crippen LogP contribution in [0, 0.1) is 12.7 Å². The van der Waals surface area contributed by atoms with Gasteiger partial charge in [0.2, 0.25) is 0 Å². The third-order valence-electron chi connectivity index (χ3n) is 2.25. The summed E-state index contributed by atoms with van der Waals surface area (Å²) in [7, 11) is 0. The van der Waals surface area contributed by atoms with Crippen molar-refractivity contribution < 1.29 is 13.9 Å². The molecule has 0 aliphatic carbocycles. The molecule has 0 bridgehead atoms. The Balaban J connectivity index is 2.31. The maximum atomic E-state index is 13.7. The van der Waals surface area contributed by atoms with Crippen LogP contribution < -0.4 is 4.74 Å². The zero-order valence-corrected chi connectivity index (χ0v) is 9.18. The SMILES string of the molecule is Cc1cccc(Oc2cncc(C=O)c2)c1F. The molecule has 0 unspecified atom stereocenters. The minimum absolute atomic E-state index is 0.120. The van der Waals surface area contributed by atoms with Crippen LogP contribution in [-0.4, -0.2) is 11.3 Å². The molecular weight excluding hydrogens is 221 g/mol. The Labute approximate surface area is 97.9 Å². The molecular formula is C13H10FNO2. The van der Waals surface area contributed by atoms with Gasteiger partial charge in [0.05, 0.1) is 6.20 Å². The van der Waals surface area contributed by atoms with Crippen LogP contribution in [0.25, 0.3) is 0 Å². The lowest BCUT2D eigenvalue weighted by Gasteiger charge is -2.07. The second-order valence-corrected chi connectivity index (χ2v) is 3.56. The summed E-state index contributed by atoms with van der Waals surface area (Å²) in [6, 6.07) is 6.38. The van der Waals surface area contributed by atoms with Gasteiger partial charge in [-0.1, -0.05) is 12.1 Å². The number of aryl methyl sites for hydroxylation is 1. The van der Waals surface area contributed by atoms with Gasteiger partial charge in [-0.15, -0.1) is 0 Å². The Morgan fingerprint density at radius 2 is 2.18 bits per heavy atom. The smallest absolute Gasteiger partial charge is 0.168 e. The van der Waals surface area contributed by atoms with E-state index in [1.54, 1.807) is 19.1 Å². The number of aldehydes is 1. The van der Waals surface area contributed by atoms with Crippen molar-refractivity contribution in [2.45, 2.75) is 6.92 Å². The first-order valence-electron chi connectivity index (χ1n) is 5.04. The molecule has 1 aromatic carbocycles. The molecule has 0 radical (unpaired) electrons. The number of benzene rings is 1. The monoisotopic (exact) mass is 231 g/mol. The number of carbonyl (C=O) groups excluding carboxylic acids is 1. The molecule has 2 rings (SSSR count). The van der Waals surface area contributed by atoms with Crippen molar-refractivity contribution in [1.29, 1.82) is 0 Å². The van der Waals surface area contributed by atoms with Crippen LogP contribution in [0.4, 0.5) is 4.39 Å². The molecule has 0 N–H and O–H groups in total. The highest BCUT2D eigenvalue weighted by Crippen LogP contribution is 2.25. The number of carbonyl (C=O) groups is 1. The summed E-state index contributed by atoms with van der Waals surface area (Å²) < 4.78 is 19.0. The molecule has 0 aliphatic rings. The predicted molar refractivity (Wildman–Crippen MR) is 60.8 cm³/mol. The zero-order chi connectivity index (χ0) is 12.3. The van der Waals surface area contributed by atoms with Gasteiger partial charge in [-0.3, -0.25) is 9.78 Å². The van der Waals surface area contributed by atoms with Gasteiger partial charge in [0.25, 0.3) is 0 Å². The molecule has 86 valence electrons. The molecule has 0 spiro atoms. The standard InChI is InChI=1S/C13H10FNO2/c1-9-3-2-4-12(13(9)14)17-11-5-10(8-16)6-15-7-11/h2-8H,1H3. The Kier molecular flexibility index (Phi) is 3.14. The summed E-state index contributed by atoms with van der Waals surface area (Å²) in [5, 5.41) is 0. The quantitative estimate of drug-likeness (QED) is 0.762.